The first-order valence-electron chi connectivity index (χ1n) is 50.5. The van der Waals surface area contributed by atoms with Crippen LogP contribution in [0.2, 0.25) is 0 Å². The number of hydrogen-bond donors (Lipinski definition) is 0. The van der Waals surface area contributed by atoms with Crippen molar-refractivity contribution in [3.05, 3.63) is 516 Å². The molecule has 2 aliphatic rings. The van der Waals surface area contributed by atoms with Gasteiger partial charge in [0.15, 0.2) is 11.2 Å². The van der Waals surface area contributed by atoms with Crippen molar-refractivity contribution < 1.29 is 17.7 Å². The molecule has 0 radical (unpaired) electrons. The van der Waals surface area contributed by atoms with E-state index in [0.717, 1.165) is 234 Å². The first-order valence-corrected chi connectivity index (χ1v) is 50.5. The maximum absolute atomic E-state index is 7.89. The van der Waals surface area contributed by atoms with Gasteiger partial charge in [0.1, 0.15) is 33.5 Å². The van der Waals surface area contributed by atoms with Crippen LogP contribution >= 0.6 is 0 Å². The minimum atomic E-state index is -1.02. The molecule has 0 fully saturated rings. The molecule has 0 saturated heterocycles. The van der Waals surface area contributed by atoms with Crippen molar-refractivity contribution in [2.24, 2.45) is 0 Å². The zero-order valence-electron chi connectivity index (χ0n) is 82.3. The van der Waals surface area contributed by atoms with E-state index in [9.17, 15) is 0 Å². The Kier molecular flexibility index (Phi) is 20.4. The van der Waals surface area contributed by atoms with E-state index in [1.807, 2.05) is 0 Å². The SMILES string of the molecule is CC(C)c1ccc(N(c2cccc(-c3cccc(N(c4ccc(C(C)(C)C)cc4)c4cc5c(c6oc7ccccc7c46)-c4c(cc(N(c6ccccc6)c6ccc(C(C)(C)C)cc6)c6oc7ccccc7c46)C5(c4ccccc4)c4ccccc4)c3)c2)c2cc3c(c4c2oc2ccccc24)-c2c(cc(N(c4ccccc4)c4ccc(C(C)C)cc4)c4c2oc2ccccc24)C3(c2ccccc2)c2ccccc2)cc1. The average Bonchev–Trinajstić information content (AvgIpc) is 1.50. The average molecular weight is 1860 g/mol. The molecule has 0 amide bonds. The molecule has 8 heteroatoms. The Hall–Kier alpha value is -17.2. The summed E-state index contributed by atoms with van der Waals surface area (Å²) in [6.45, 7) is 22.8. The van der Waals surface area contributed by atoms with Crippen LogP contribution in [0.15, 0.2) is 467 Å². The zero-order valence-corrected chi connectivity index (χ0v) is 82.3. The molecule has 0 spiro atoms. The second-order valence-electron chi connectivity index (χ2n) is 41.6. The summed E-state index contributed by atoms with van der Waals surface area (Å²) in [4.78, 5) is 9.85. The van der Waals surface area contributed by atoms with Gasteiger partial charge < -0.3 is 37.3 Å². The smallest absolute Gasteiger partial charge is 0.160 e. The third kappa shape index (κ3) is 13.6. The maximum atomic E-state index is 7.89. The maximum Gasteiger partial charge on any atom is 0.160 e. The number of fused-ring (bicyclic) bond motifs is 22. The predicted octanol–water partition coefficient (Wildman–Crippen LogP) is 38.4. The fraction of sp³-hybridized carbons (Fsp3) is 0.118. The summed E-state index contributed by atoms with van der Waals surface area (Å²) in [5, 5.41) is 8.03. The minimum absolute atomic E-state index is 0.0813. The lowest BCUT2D eigenvalue weighted by molar-refractivity contribution is 0.590. The van der Waals surface area contributed by atoms with E-state index in [0.29, 0.717) is 5.92 Å². The van der Waals surface area contributed by atoms with Gasteiger partial charge in [-0.1, -0.05) is 373 Å². The Morgan fingerprint density at radius 2 is 0.451 bits per heavy atom. The van der Waals surface area contributed by atoms with Crippen LogP contribution in [-0.2, 0) is 21.7 Å². The molecule has 24 aromatic rings. The Morgan fingerprint density at radius 3 is 0.771 bits per heavy atom. The lowest BCUT2D eigenvalue weighted by Gasteiger charge is -2.36. The Bertz CT molecular complexity index is 9040. The molecule has 0 bridgehead atoms. The van der Waals surface area contributed by atoms with Crippen LogP contribution in [0.25, 0.3) is 121 Å². The van der Waals surface area contributed by atoms with Crippen LogP contribution in [-0.4, -0.2) is 0 Å². The fourth-order valence-corrected chi connectivity index (χ4v) is 23.8. The molecule has 0 aliphatic heterocycles. The molecule has 4 aromatic heterocycles. The van der Waals surface area contributed by atoms with Gasteiger partial charge in [-0.05, 0) is 246 Å². The monoisotopic (exact) mass is 1860 g/mol. The third-order valence-electron chi connectivity index (χ3n) is 30.6. The van der Waals surface area contributed by atoms with Crippen LogP contribution in [0, 0.1) is 0 Å². The van der Waals surface area contributed by atoms with Gasteiger partial charge in [0.25, 0.3) is 0 Å². The number of para-hydroxylation sites is 6. The van der Waals surface area contributed by atoms with Gasteiger partial charge in [0.05, 0.1) is 44.4 Å². The van der Waals surface area contributed by atoms with Crippen molar-refractivity contribution in [2.75, 3.05) is 19.6 Å². The molecule has 0 unspecified atom stereocenters. The van der Waals surface area contributed by atoms with E-state index in [2.05, 4.69) is 538 Å². The summed E-state index contributed by atoms with van der Waals surface area (Å²) in [6, 6.07) is 166. The van der Waals surface area contributed by atoms with Gasteiger partial charge in [0, 0.05) is 100 Å². The quantitative estimate of drug-likeness (QED) is 0.0793. The summed E-state index contributed by atoms with van der Waals surface area (Å²) >= 11 is 0. The molecule has 694 valence electrons. The Balaban J connectivity index is 0.720. The van der Waals surface area contributed by atoms with Crippen molar-refractivity contribution >= 4 is 156 Å². The van der Waals surface area contributed by atoms with E-state index in [1.165, 1.54) is 22.3 Å². The van der Waals surface area contributed by atoms with Crippen LogP contribution in [0.1, 0.15) is 148 Å². The van der Waals surface area contributed by atoms with Crippen molar-refractivity contribution in [3.63, 3.8) is 0 Å². The molecule has 144 heavy (non-hydrogen) atoms. The standard InChI is InChI=1S/C136H106N4O4/c1-85(2)87-63-71-99(72-64-87)137(97-49-25-15-26-50-97)113-81-111-127(131-121(113)105-55-29-33-59-117(105)143-131)126-110(136(111,95-45-21-13-22-46-95)96-47-23-14-24-48-96)84-116(130-124(126)108-58-32-36-62-120(108)142-130)140(100-73-65-88(66-74-100)86(3)4)104-54-38-40-90(80-104)89-39-37-53-103(79-89)139(102-77-69-92(70-78-102)134(8,9)10)114-82-112-128(132-122(114)106-56-30-34-60-118(106)144-132)125-109(135(112,93-41-17-11-18-42-93)94-43-19-12-20-44-94)83-115(129-123(125)107-57-31-35-61-119(107)141-129)138(98-51-27-16-28-52-98)101-75-67-91(68-76-101)133(5,6)7/h11-86H,1-10H3. The van der Waals surface area contributed by atoms with E-state index < -0.39 is 10.8 Å². The summed E-state index contributed by atoms with van der Waals surface area (Å²) < 4.78 is 31.0. The molecule has 0 saturated carbocycles. The second kappa shape index (κ2) is 33.8. The summed E-state index contributed by atoms with van der Waals surface area (Å²) in [7, 11) is 0. The Morgan fingerprint density at radius 1 is 0.208 bits per heavy atom. The van der Waals surface area contributed by atoms with Crippen LogP contribution in [0.3, 0.4) is 0 Å². The van der Waals surface area contributed by atoms with Gasteiger partial charge in [-0.3, -0.25) is 0 Å². The first-order chi connectivity index (χ1) is 70.4. The summed E-state index contributed by atoms with van der Waals surface area (Å²) in [5.74, 6) is 0.603. The van der Waals surface area contributed by atoms with Crippen LogP contribution in [0.5, 0.6) is 0 Å². The highest BCUT2D eigenvalue weighted by Gasteiger charge is 2.53. The number of nitrogens with zero attached hydrogens (tertiary/aromatic N) is 4. The Labute approximate surface area is 839 Å². The van der Waals surface area contributed by atoms with Crippen molar-refractivity contribution in [1.82, 2.24) is 0 Å². The van der Waals surface area contributed by atoms with E-state index in [1.54, 1.807) is 0 Å². The molecular weight excluding hydrogens is 1750 g/mol. The summed E-state index contributed by atoms with van der Waals surface area (Å²) in [5.41, 5.74) is 35.6. The van der Waals surface area contributed by atoms with E-state index in [4.69, 9.17) is 17.7 Å². The van der Waals surface area contributed by atoms with E-state index >= 15 is 0 Å². The molecular formula is C136H106N4O4. The van der Waals surface area contributed by atoms with E-state index in [-0.39, 0.29) is 16.7 Å². The van der Waals surface area contributed by atoms with Crippen molar-refractivity contribution in [1.29, 1.82) is 0 Å². The number of anilines is 12. The third-order valence-corrected chi connectivity index (χ3v) is 30.6. The van der Waals surface area contributed by atoms with Gasteiger partial charge in [-0.25, -0.2) is 0 Å². The van der Waals surface area contributed by atoms with Gasteiger partial charge in [-0.2, -0.15) is 0 Å². The highest BCUT2D eigenvalue weighted by atomic mass is 16.3. The molecule has 0 N–H and O–H groups in total. The molecule has 2 aliphatic carbocycles. The molecule has 0 atom stereocenters. The lowest BCUT2D eigenvalue weighted by atomic mass is 9.67. The number of rotatable bonds is 19. The lowest BCUT2D eigenvalue weighted by Crippen LogP contribution is -2.29. The largest absolute Gasteiger partial charge is 0.455 e. The highest BCUT2D eigenvalue weighted by Crippen LogP contribution is 2.68. The molecule has 26 rings (SSSR count). The molecule has 20 aromatic carbocycles. The van der Waals surface area contributed by atoms with Gasteiger partial charge in [0.2, 0.25) is 0 Å². The number of benzene rings is 20. The second-order valence-corrected chi connectivity index (χ2v) is 41.6. The summed E-state index contributed by atoms with van der Waals surface area (Å²) in [6.07, 6.45) is 0. The molecule has 8 nitrogen and oxygen atoms in total. The van der Waals surface area contributed by atoms with Crippen molar-refractivity contribution in [3.8, 4) is 33.4 Å². The van der Waals surface area contributed by atoms with Crippen molar-refractivity contribution in [2.45, 2.75) is 103 Å². The number of hydrogen-bond acceptors (Lipinski definition) is 8. The first kappa shape index (κ1) is 87.1. The highest BCUT2D eigenvalue weighted by molar-refractivity contribution is 6.29. The number of furan rings is 4. The fourth-order valence-electron chi connectivity index (χ4n) is 23.8. The minimum Gasteiger partial charge on any atom is -0.455 e. The van der Waals surface area contributed by atoms with Gasteiger partial charge >= 0.3 is 0 Å². The predicted molar refractivity (Wildman–Crippen MR) is 600 cm³/mol. The van der Waals surface area contributed by atoms with Gasteiger partial charge in [-0.15, -0.1) is 0 Å². The molecule has 4 heterocycles. The zero-order chi connectivity index (χ0) is 97.2. The van der Waals surface area contributed by atoms with Crippen LogP contribution in [0.4, 0.5) is 68.2 Å². The normalized spacial score (nSPS) is 13.2. The van der Waals surface area contributed by atoms with Crippen LogP contribution < -0.4 is 19.6 Å². The topological polar surface area (TPSA) is 65.5 Å².